The number of rotatable bonds is 4. The topological polar surface area (TPSA) is 68.0 Å². The molecule has 2 fully saturated rings. The van der Waals surface area contributed by atoms with E-state index < -0.39 is 0 Å². The summed E-state index contributed by atoms with van der Waals surface area (Å²) in [5.41, 5.74) is 1.15. The fraction of sp³-hybridized carbons (Fsp3) is 0.611. The maximum Gasteiger partial charge on any atom is 0.323 e. The molecule has 134 valence electrons. The van der Waals surface area contributed by atoms with Gasteiger partial charge in [-0.15, -0.1) is 0 Å². The Balaban J connectivity index is 1.42. The Morgan fingerprint density at radius 1 is 1.32 bits per heavy atom. The first-order valence-corrected chi connectivity index (χ1v) is 9.22. The van der Waals surface area contributed by atoms with Gasteiger partial charge in [0.25, 0.3) is 0 Å². The van der Waals surface area contributed by atoms with Gasteiger partial charge in [-0.2, -0.15) is 10.2 Å². The number of hydrogen-bond donors (Lipinski definition) is 1. The predicted octanol–water partition coefficient (Wildman–Crippen LogP) is 3.23. The summed E-state index contributed by atoms with van der Waals surface area (Å²) in [5, 5.41) is 11.9. The Labute approximate surface area is 148 Å². The SMILES string of the molecule is Cc1cnn(C2CCCN(C(=O)Nc3ccnn3C(C)C3CC3)C2)c1. The van der Waals surface area contributed by atoms with E-state index in [1.54, 1.807) is 6.20 Å². The van der Waals surface area contributed by atoms with Crippen LogP contribution in [0.15, 0.2) is 24.7 Å². The minimum absolute atomic E-state index is 0.0432. The molecule has 2 aromatic heterocycles. The lowest BCUT2D eigenvalue weighted by molar-refractivity contribution is 0.174. The molecule has 0 aromatic carbocycles. The van der Waals surface area contributed by atoms with Crippen molar-refractivity contribution < 1.29 is 4.79 Å². The number of nitrogens with zero attached hydrogens (tertiary/aromatic N) is 5. The van der Waals surface area contributed by atoms with Crippen molar-refractivity contribution in [2.45, 2.75) is 51.6 Å². The summed E-state index contributed by atoms with van der Waals surface area (Å²) in [6.07, 6.45) is 10.3. The molecular weight excluding hydrogens is 316 g/mol. The first-order valence-electron chi connectivity index (χ1n) is 9.22. The number of carbonyl (C=O) groups is 1. The minimum Gasteiger partial charge on any atom is -0.322 e. The lowest BCUT2D eigenvalue weighted by Crippen LogP contribution is -2.43. The van der Waals surface area contributed by atoms with E-state index in [4.69, 9.17) is 0 Å². The summed E-state index contributed by atoms with van der Waals surface area (Å²) in [4.78, 5) is 14.6. The Morgan fingerprint density at radius 3 is 2.88 bits per heavy atom. The zero-order valence-electron chi connectivity index (χ0n) is 14.9. The highest BCUT2D eigenvalue weighted by atomic mass is 16.2. The zero-order chi connectivity index (χ0) is 17.4. The lowest BCUT2D eigenvalue weighted by atomic mass is 10.1. The first kappa shape index (κ1) is 16.2. The molecule has 2 aliphatic rings. The van der Waals surface area contributed by atoms with Gasteiger partial charge in [-0.05, 0) is 51.0 Å². The van der Waals surface area contributed by atoms with Gasteiger partial charge in [-0.3, -0.25) is 10.00 Å². The molecule has 3 heterocycles. The number of aromatic nitrogens is 4. The second-order valence-electron chi connectivity index (χ2n) is 7.41. The van der Waals surface area contributed by atoms with Crippen LogP contribution in [0.3, 0.4) is 0 Å². The average Bonchev–Trinajstić information content (AvgIpc) is 3.22. The summed E-state index contributed by atoms with van der Waals surface area (Å²) in [7, 11) is 0. The van der Waals surface area contributed by atoms with Gasteiger partial charge < -0.3 is 4.90 Å². The van der Waals surface area contributed by atoms with Crippen molar-refractivity contribution in [3.8, 4) is 0 Å². The number of hydrogen-bond acceptors (Lipinski definition) is 3. The average molecular weight is 342 g/mol. The quantitative estimate of drug-likeness (QED) is 0.927. The largest absolute Gasteiger partial charge is 0.323 e. The molecule has 0 bridgehead atoms. The van der Waals surface area contributed by atoms with Crippen LogP contribution in [0, 0.1) is 12.8 Å². The molecule has 0 spiro atoms. The molecule has 2 atom stereocenters. The molecule has 1 saturated heterocycles. The number of likely N-dealkylation sites (tertiary alicyclic amines) is 1. The van der Waals surface area contributed by atoms with Gasteiger partial charge in [0, 0.05) is 25.4 Å². The summed E-state index contributed by atoms with van der Waals surface area (Å²) in [6.45, 7) is 5.70. The summed E-state index contributed by atoms with van der Waals surface area (Å²) in [6, 6.07) is 2.43. The third-order valence-electron chi connectivity index (χ3n) is 5.38. The van der Waals surface area contributed by atoms with E-state index in [-0.39, 0.29) is 12.1 Å². The monoisotopic (exact) mass is 342 g/mol. The fourth-order valence-corrected chi connectivity index (χ4v) is 3.69. The number of urea groups is 1. The van der Waals surface area contributed by atoms with Crippen LogP contribution in [-0.2, 0) is 0 Å². The molecule has 7 heteroatoms. The van der Waals surface area contributed by atoms with Crippen molar-refractivity contribution in [1.29, 1.82) is 0 Å². The van der Waals surface area contributed by atoms with Crippen molar-refractivity contribution in [2.24, 2.45) is 5.92 Å². The molecule has 1 saturated carbocycles. The number of anilines is 1. The first-order chi connectivity index (χ1) is 12.1. The lowest BCUT2D eigenvalue weighted by Gasteiger charge is -2.33. The molecule has 2 unspecified atom stereocenters. The molecule has 2 aromatic rings. The van der Waals surface area contributed by atoms with E-state index in [2.05, 4.69) is 28.6 Å². The molecular formula is C18H26N6O. The van der Waals surface area contributed by atoms with E-state index in [1.807, 2.05) is 33.5 Å². The Morgan fingerprint density at radius 2 is 2.16 bits per heavy atom. The highest BCUT2D eigenvalue weighted by molar-refractivity contribution is 5.88. The maximum atomic E-state index is 12.8. The standard InChI is InChI=1S/C18H26N6O/c1-13-10-20-23(11-13)16-4-3-9-22(12-16)18(25)21-17-7-8-19-24(17)14(2)15-5-6-15/h7-8,10-11,14-16H,3-6,9,12H2,1-2H3,(H,21,25). The molecule has 1 aliphatic carbocycles. The van der Waals surface area contributed by atoms with Crippen LogP contribution in [0.1, 0.15) is 50.3 Å². The van der Waals surface area contributed by atoms with Crippen molar-refractivity contribution in [1.82, 2.24) is 24.5 Å². The Hall–Kier alpha value is -2.31. The number of piperidine rings is 1. The molecule has 25 heavy (non-hydrogen) atoms. The highest BCUT2D eigenvalue weighted by Crippen LogP contribution is 2.40. The van der Waals surface area contributed by atoms with E-state index in [1.165, 1.54) is 12.8 Å². The number of nitrogens with one attached hydrogen (secondary N) is 1. The third-order valence-corrected chi connectivity index (χ3v) is 5.38. The van der Waals surface area contributed by atoms with Crippen LogP contribution < -0.4 is 5.32 Å². The Kier molecular flexibility index (Phi) is 4.23. The summed E-state index contributed by atoms with van der Waals surface area (Å²) >= 11 is 0. The van der Waals surface area contributed by atoms with Crippen molar-refractivity contribution >= 4 is 11.8 Å². The summed E-state index contributed by atoms with van der Waals surface area (Å²) < 4.78 is 3.95. The third kappa shape index (κ3) is 3.41. The van der Waals surface area contributed by atoms with Crippen molar-refractivity contribution in [3.63, 3.8) is 0 Å². The van der Waals surface area contributed by atoms with Gasteiger partial charge in [0.05, 0.1) is 24.5 Å². The van der Waals surface area contributed by atoms with Gasteiger partial charge in [-0.1, -0.05) is 0 Å². The highest BCUT2D eigenvalue weighted by Gasteiger charge is 2.31. The van der Waals surface area contributed by atoms with Gasteiger partial charge in [0.2, 0.25) is 0 Å². The molecule has 7 nitrogen and oxygen atoms in total. The Bertz CT molecular complexity index is 746. The van der Waals surface area contributed by atoms with Crippen LogP contribution in [-0.4, -0.2) is 43.6 Å². The number of carbonyl (C=O) groups excluding carboxylic acids is 1. The van der Waals surface area contributed by atoms with Crippen molar-refractivity contribution in [2.75, 3.05) is 18.4 Å². The van der Waals surface area contributed by atoms with Gasteiger partial charge >= 0.3 is 6.03 Å². The van der Waals surface area contributed by atoms with Gasteiger partial charge in [-0.25, -0.2) is 9.48 Å². The van der Waals surface area contributed by atoms with E-state index >= 15 is 0 Å². The molecule has 0 radical (unpaired) electrons. The summed E-state index contributed by atoms with van der Waals surface area (Å²) in [5.74, 6) is 1.49. The van der Waals surface area contributed by atoms with Crippen LogP contribution in [0.2, 0.25) is 0 Å². The van der Waals surface area contributed by atoms with Gasteiger partial charge in [0.15, 0.2) is 0 Å². The molecule has 4 rings (SSSR count). The maximum absolute atomic E-state index is 12.8. The second kappa shape index (κ2) is 6.54. The molecule has 1 N–H and O–H groups in total. The number of aryl methyl sites for hydroxylation is 1. The molecule has 1 aliphatic heterocycles. The van der Waals surface area contributed by atoms with E-state index in [0.29, 0.717) is 18.5 Å². The van der Waals surface area contributed by atoms with E-state index in [9.17, 15) is 4.79 Å². The van der Waals surface area contributed by atoms with Crippen molar-refractivity contribution in [3.05, 3.63) is 30.2 Å². The van der Waals surface area contributed by atoms with Gasteiger partial charge in [0.1, 0.15) is 5.82 Å². The number of amides is 2. The van der Waals surface area contributed by atoms with Crippen LogP contribution in [0.25, 0.3) is 0 Å². The van der Waals surface area contributed by atoms with Crippen LogP contribution in [0.4, 0.5) is 10.6 Å². The van der Waals surface area contributed by atoms with Crippen LogP contribution in [0.5, 0.6) is 0 Å². The fourth-order valence-electron chi connectivity index (χ4n) is 3.69. The predicted molar refractivity (Wildman–Crippen MR) is 95.5 cm³/mol. The van der Waals surface area contributed by atoms with Crippen LogP contribution >= 0.6 is 0 Å². The minimum atomic E-state index is -0.0432. The second-order valence-corrected chi connectivity index (χ2v) is 7.41. The zero-order valence-corrected chi connectivity index (χ0v) is 14.9. The smallest absolute Gasteiger partial charge is 0.322 e. The normalized spacial score (nSPS) is 22.0. The van der Waals surface area contributed by atoms with E-state index in [0.717, 1.165) is 30.8 Å². The molecule has 2 amide bonds.